The van der Waals surface area contributed by atoms with E-state index in [-0.39, 0.29) is 4.75 Å². The van der Waals surface area contributed by atoms with Crippen LogP contribution in [0, 0.1) is 0 Å². The molecule has 2 heterocycles. The Morgan fingerprint density at radius 1 is 1.57 bits per heavy atom. The van der Waals surface area contributed by atoms with Crippen LogP contribution in [0.15, 0.2) is 0 Å². The molecule has 0 aliphatic carbocycles. The molecule has 3 atom stereocenters. The smallest absolute Gasteiger partial charge is 0.136 e. The van der Waals surface area contributed by atoms with Gasteiger partial charge in [-0.2, -0.15) is 0 Å². The minimum Gasteiger partial charge on any atom is -0.375 e. The molecule has 2 rings (SSSR count). The summed E-state index contributed by atoms with van der Waals surface area (Å²) in [4.78, 5) is 11.1. The molecule has 3 heteroatoms. The van der Waals surface area contributed by atoms with Gasteiger partial charge in [0.15, 0.2) is 0 Å². The predicted molar refractivity (Wildman–Crippen MR) is 58.7 cm³/mol. The molecule has 0 spiro atoms. The lowest BCUT2D eigenvalue weighted by molar-refractivity contribution is -0.110. The second-order valence-corrected chi connectivity index (χ2v) is 5.99. The molecule has 2 nitrogen and oxygen atoms in total. The van der Waals surface area contributed by atoms with Crippen LogP contribution >= 0.6 is 11.8 Å². The van der Waals surface area contributed by atoms with Crippen LogP contribution in [0.2, 0.25) is 0 Å². The third-order valence-electron chi connectivity index (χ3n) is 3.24. The van der Waals surface area contributed by atoms with Gasteiger partial charge in [0.05, 0.1) is 17.0 Å². The Balaban J connectivity index is 1.91. The molecule has 0 aromatic rings. The Hall–Kier alpha value is -0.0200. The second-order valence-electron chi connectivity index (χ2n) is 4.48. The molecule has 3 unspecified atom stereocenters. The van der Waals surface area contributed by atoms with E-state index < -0.39 is 0 Å². The summed E-state index contributed by atoms with van der Waals surface area (Å²) in [5.41, 5.74) is 0. The fourth-order valence-corrected chi connectivity index (χ4v) is 3.80. The molecule has 0 radical (unpaired) electrons. The van der Waals surface area contributed by atoms with E-state index in [4.69, 9.17) is 4.74 Å². The van der Waals surface area contributed by atoms with Gasteiger partial charge in [0.25, 0.3) is 0 Å². The molecule has 0 aromatic heterocycles. The van der Waals surface area contributed by atoms with Gasteiger partial charge in [0, 0.05) is 0 Å². The lowest BCUT2D eigenvalue weighted by atomic mass is 9.96. The first-order chi connectivity index (χ1) is 6.74. The van der Waals surface area contributed by atoms with E-state index in [9.17, 15) is 4.79 Å². The molecule has 80 valence electrons. The van der Waals surface area contributed by atoms with Crippen molar-refractivity contribution in [1.82, 2.24) is 0 Å². The Bertz CT molecular complexity index is 211. The monoisotopic (exact) mass is 214 g/mol. The average molecular weight is 214 g/mol. The van der Waals surface area contributed by atoms with Crippen molar-refractivity contribution >= 4 is 18.0 Å². The van der Waals surface area contributed by atoms with Crippen molar-refractivity contribution in [1.29, 1.82) is 0 Å². The van der Waals surface area contributed by atoms with Crippen molar-refractivity contribution in [3.05, 3.63) is 0 Å². The summed E-state index contributed by atoms with van der Waals surface area (Å²) < 4.78 is 5.68. The minimum atomic E-state index is -0.102. The van der Waals surface area contributed by atoms with E-state index in [2.05, 4.69) is 6.92 Å². The van der Waals surface area contributed by atoms with Crippen LogP contribution in [0.4, 0.5) is 0 Å². The minimum absolute atomic E-state index is 0.102. The van der Waals surface area contributed by atoms with Crippen molar-refractivity contribution in [2.75, 3.05) is 5.75 Å². The van der Waals surface area contributed by atoms with Crippen LogP contribution in [0.5, 0.6) is 0 Å². The van der Waals surface area contributed by atoms with Gasteiger partial charge in [-0.05, 0) is 44.8 Å². The number of aldehydes is 1. The fraction of sp³-hybridized carbons (Fsp3) is 0.909. The highest BCUT2D eigenvalue weighted by Crippen LogP contribution is 2.42. The first kappa shape index (κ1) is 10.5. The molecule has 0 aromatic carbocycles. The maximum absolute atomic E-state index is 11.1. The summed E-state index contributed by atoms with van der Waals surface area (Å²) >= 11 is 1.83. The zero-order chi connectivity index (χ0) is 10.0. The summed E-state index contributed by atoms with van der Waals surface area (Å²) in [5, 5.41) is 0. The van der Waals surface area contributed by atoms with Gasteiger partial charge in [-0.15, -0.1) is 11.8 Å². The molecule has 2 fully saturated rings. The van der Waals surface area contributed by atoms with Gasteiger partial charge >= 0.3 is 0 Å². The van der Waals surface area contributed by atoms with E-state index in [0.717, 1.165) is 37.7 Å². The van der Waals surface area contributed by atoms with E-state index in [1.807, 2.05) is 11.8 Å². The Morgan fingerprint density at radius 2 is 2.43 bits per heavy atom. The molecule has 0 N–H and O–H groups in total. The molecule has 0 saturated carbocycles. The van der Waals surface area contributed by atoms with Gasteiger partial charge in [0.1, 0.15) is 6.29 Å². The topological polar surface area (TPSA) is 26.3 Å². The molecule has 2 saturated heterocycles. The van der Waals surface area contributed by atoms with Crippen molar-refractivity contribution in [2.24, 2.45) is 0 Å². The van der Waals surface area contributed by atoms with E-state index in [0.29, 0.717) is 12.2 Å². The molecular weight excluding hydrogens is 196 g/mol. The van der Waals surface area contributed by atoms with Crippen LogP contribution in [0.25, 0.3) is 0 Å². The summed E-state index contributed by atoms with van der Waals surface area (Å²) in [5.74, 6) is 1.14. The van der Waals surface area contributed by atoms with E-state index >= 15 is 0 Å². The normalized spacial score (nSPS) is 42.9. The molecule has 14 heavy (non-hydrogen) atoms. The zero-order valence-electron chi connectivity index (χ0n) is 8.70. The van der Waals surface area contributed by atoms with Crippen LogP contribution in [-0.4, -0.2) is 29.0 Å². The first-order valence-corrected chi connectivity index (χ1v) is 6.48. The van der Waals surface area contributed by atoms with Crippen molar-refractivity contribution < 1.29 is 9.53 Å². The SMILES string of the molecule is CC1CCC(CC2(C=O)CCCS2)O1. The van der Waals surface area contributed by atoms with Gasteiger partial charge in [-0.1, -0.05) is 0 Å². The van der Waals surface area contributed by atoms with Crippen LogP contribution < -0.4 is 0 Å². The third-order valence-corrected chi connectivity index (χ3v) is 4.78. The molecule has 2 aliphatic rings. The van der Waals surface area contributed by atoms with Gasteiger partial charge in [-0.3, -0.25) is 0 Å². The quantitative estimate of drug-likeness (QED) is 0.675. The number of carbonyl (C=O) groups excluding carboxylic acids is 1. The Morgan fingerprint density at radius 3 is 2.93 bits per heavy atom. The van der Waals surface area contributed by atoms with Crippen molar-refractivity contribution in [2.45, 2.75) is 56.0 Å². The summed E-state index contributed by atoms with van der Waals surface area (Å²) in [7, 11) is 0. The fourth-order valence-electron chi connectivity index (χ4n) is 2.44. The highest BCUT2D eigenvalue weighted by molar-refractivity contribution is 8.01. The average Bonchev–Trinajstić information content (AvgIpc) is 2.77. The highest BCUT2D eigenvalue weighted by Gasteiger charge is 2.38. The van der Waals surface area contributed by atoms with Gasteiger partial charge in [-0.25, -0.2) is 0 Å². The molecular formula is C11H18O2S. The van der Waals surface area contributed by atoms with Crippen LogP contribution in [0.3, 0.4) is 0 Å². The number of ether oxygens (including phenoxy) is 1. The van der Waals surface area contributed by atoms with Crippen molar-refractivity contribution in [3.8, 4) is 0 Å². The molecule has 0 amide bonds. The lowest BCUT2D eigenvalue weighted by Gasteiger charge is -2.24. The maximum Gasteiger partial charge on any atom is 0.136 e. The number of hydrogen-bond acceptors (Lipinski definition) is 3. The van der Waals surface area contributed by atoms with Crippen LogP contribution in [-0.2, 0) is 9.53 Å². The number of thioether (sulfide) groups is 1. The molecule has 2 aliphatic heterocycles. The van der Waals surface area contributed by atoms with Gasteiger partial charge < -0.3 is 9.53 Å². The maximum atomic E-state index is 11.1. The summed E-state index contributed by atoms with van der Waals surface area (Å²) in [6.45, 7) is 2.12. The number of hydrogen-bond donors (Lipinski definition) is 0. The Kier molecular flexibility index (Phi) is 3.17. The first-order valence-electron chi connectivity index (χ1n) is 5.50. The summed E-state index contributed by atoms with van der Waals surface area (Å²) in [6.07, 6.45) is 7.36. The standard InChI is InChI=1S/C11H18O2S/c1-9-3-4-10(13-9)7-11(8-12)5-2-6-14-11/h8-10H,2-7H2,1H3. The van der Waals surface area contributed by atoms with E-state index in [1.54, 1.807) is 0 Å². The zero-order valence-corrected chi connectivity index (χ0v) is 9.52. The predicted octanol–water partition coefficient (Wildman–Crippen LogP) is 2.41. The van der Waals surface area contributed by atoms with Gasteiger partial charge in [0.2, 0.25) is 0 Å². The van der Waals surface area contributed by atoms with E-state index in [1.165, 1.54) is 6.42 Å². The number of carbonyl (C=O) groups is 1. The summed E-state index contributed by atoms with van der Waals surface area (Å²) in [6, 6.07) is 0. The third kappa shape index (κ3) is 2.14. The highest BCUT2D eigenvalue weighted by atomic mass is 32.2. The lowest BCUT2D eigenvalue weighted by Crippen LogP contribution is -2.29. The van der Waals surface area contributed by atoms with Crippen LogP contribution in [0.1, 0.15) is 39.0 Å². The second kappa shape index (κ2) is 4.23. The number of rotatable bonds is 3. The largest absolute Gasteiger partial charge is 0.375 e. The Labute approximate surface area is 89.8 Å². The molecule has 0 bridgehead atoms. The van der Waals surface area contributed by atoms with Crippen molar-refractivity contribution in [3.63, 3.8) is 0 Å².